The summed E-state index contributed by atoms with van der Waals surface area (Å²) in [5.41, 5.74) is 0.852. The van der Waals surface area contributed by atoms with Gasteiger partial charge in [0.05, 0.1) is 0 Å². The van der Waals surface area contributed by atoms with Gasteiger partial charge >= 0.3 is 0 Å². The Bertz CT molecular complexity index is 492. The van der Waals surface area contributed by atoms with Gasteiger partial charge in [-0.3, -0.25) is 4.79 Å². The van der Waals surface area contributed by atoms with Crippen LogP contribution in [0.2, 0.25) is 0 Å². The van der Waals surface area contributed by atoms with E-state index in [1.165, 1.54) is 6.33 Å². The molecule has 2 rings (SSSR count). The van der Waals surface area contributed by atoms with Crippen molar-refractivity contribution >= 4 is 15.9 Å². The van der Waals surface area contributed by atoms with Crippen LogP contribution in [0.1, 0.15) is 0 Å². The van der Waals surface area contributed by atoms with E-state index in [9.17, 15) is 4.79 Å². The highest BCUT2D eigenvalue weighted by molar-refractivity contribution is 9.10. The number of nitrogens with zero attached hydrogens (tertiary/aromatic N) is 2. The first-order valence-corrected chi connectivity index (χ1v) is 4.73. The molecule has 14 heavy (non-hydrogen) atoms. The molecule has 0 aliphatic heterocycles. The van der Waals surface area contributed by atoms with Gasteiger partial charge in [-0.25, -0.2) is 0 Å². The van der Waals surface area contributed by atoms with E-state index >= 15 is 0 Å². The molecule has 0 bridgehead atoms. The summed E-state index contributed by atoms with van der Waals surface area (Å²) in [7, 11) is 0. The second-order valence-electron chi connectivity index (χ2n) is 2.67. The molecular formula is C9H6BrN3O. The van der Waals surface area contributed by atoms with Gasteiger partial charge in [0.25, 0.3) is 5.56 Å². The quantitative estimate of drug-likeness (QED) is 0.838. The van der Waals surface area contributed by atoms with Crippen LogP contribution in [-0.4, -0.2) is 15.2 Å². The van der Waals surface area contributed by atoms with Crippen LogP contribution in [0.3, 0.4) is 0 Å². The minimum absolute atomic E-state index is 0.234. The van der Waals surface area contributed by atoms with Gasteiger partial charge in [0, 0.05) is 10.0 Å². The Morgan fingerprint density at radius 2 is 1.93 bits per heavy atom. The average Bonchev–Trinajstić information content (AvgIpc) is 2.20. The number of hydrogen-bond donors (Lipinski definition) is 1. The van der Waals surface area contributed by atoms with E-state index in [1.54, 1.807) is 0 Å². The van der Waals surface area contributed by atoms with Crippen LogP contribution in [0.25, 0.3) is 11.3 Å². The Balaban J connectivity index is 2.56. The first-order valence-electron chi connectivity index (χ1n) is 3.93. The standard InChI is InChI=1S/C9H6BrN3O/c10-7-3-1-6(2-4-7)8-9(14)11-5-12-13-8/h1-5H,(H,11,12,14). The molecule has 0 atom stereocenters. The van der Waals surface area contributed by atoms with Gasteiger partial charge < -0.3 is 4.98 Å². The molecule has 0 spiro atoms. The number of nitrogens with one attached hydrogen (secondary N) is 1. The van der Waals surface area contributed by atoms with E-state index in [0.29, 0.717) is 5.69 Å². The van der Waals surface area contributed by atoms with Gasteiger partial charge in [-0.1, -0.05) is 28.1 Å². The van der Waals surface area contributed by atoms with Crippen LogP contribution < -0.4 is 5.56 Å². The fourth-order valence-corrected chi connectivity index (χ4v) is 1.35. The van der Waals surface area contributed by atoms with Crippen molar-refractivity contribution in [1.29, 1.82) is 0 Å². The predicted octanol–water partition coefficient (Wildman–Crippen LogP) is 1.59. The van der Waals surface area contributed by atoms with E-state index in [-0.39, 0.29) is 5.56 Å². The predicted molar refractivity (Wildman–Crippen MR) is 55.8 cm³/mol. The summed E-state index contributed by atoms with van der Waals surface area (Å²) in [5, 5.41) is 7.40. The molecule has 0 aliphatic carbocycles. The minimum atomic E-state index is -0.234. The molecule has 0 amide bonds. The van der Waals surface area contributed by atoms with Crippen molar-refractivity contribution in [3.8, 4) is 11.3 Å². The monoisotopic (exact) mass is 251 g/mol. The third-order valence-corrected chi connectivity index (χ3v) is 2.27. The third kappa shape index (κ3) is 1.72. The van der Waals surface area contributed by atoms with Crippen LogP contribution in [0, 0.1) is 0 Å². The van der Waals surface area contributed by atoms with E-state index in [0.717, 1.165) is 10.0 Å². The molecule has 0 unspecified atom stereocenters. The molecule has 1 aromatic heterocycles. The lowest BCUT2D eigenvalue weighted by atomic mass is 10.2. The molecular weight excluding hydrogens is 246 g/mol. The summed E-state index contributed by atoms with van der Waals surface area (Å²) in [6.45, 7) is 0. The number of H-pyrrole nitrogens is 1. The summed E-state index contributed by atoms with van der Waals surface area (Å²) >= 11 is 3.31. The fourth-order valence-electron chi connectivity index (χ4n) is 1.08. The minimum Gasteiger partial charge on any atom is -0.310 e. The SMILES string of the molecule is O=c1[nH]cnnc1-c1ccc(Br)cc1. The molecule has 4 nitrogen and oxygen atoms in total. The van der Waals surface area contributed by atoms with E-state index in [1.807, 2.05) is 24.3 Å². The maximum Gasteiger partial charge on any atom is 0.277 e. The molecule has 1 aromatic carbocycles. The average molecular weight is 252 g/mol. The summed E-state index contributed by atoms with van der Waals surface area (Å²) in [4.78, 5) is 13.8. The van der Waals surface area contributed by atoms with Gasteiger partial charge in [0.15, 0.2) is 5.69 Å². The van der Waals surface area contributed by atoms with Crippen molar-refractivity contribution in [2.45, 2.75) is 0 Å². The molecule has 5 heteroatoms. The van der Waals surface area contributed by atoms with Crippen molar-refractivity contribution in [3.63, 3.8) is 0 Å². The van der Waals surface area contributed by atoms with Gasteiger partial charge in [0.2, 0.25) is 0 Å². The topological polar surface area (TPSA) is 58.6 Å². The van der Waals surface area contributed by atoms with E-state index in [2.05, 4.69) is 31.1 Å². The first kappa shape index (κ1) is 9.08. The highest BCUT2D eigenvalue weighted by atomic mass is 79.9. The van der Waals surface area contributed by atoms with E-state index in [4.69, 9.17) is 0 Å². The molecule has 70 valence electrons. The molecule has 0 saturated carbocycles. The second kappa shape index (κ2) is 3.71. The highest BCUT2D eigenvalue weighted by Gasteiger charge is 2.03. The lowest BCUT2D eigenvalue weighted by Crippen LogP contribution is -2.11. The summed E-state index contributed by atoms with van der Waals surface area (Å²) in [6.07, 6.45) is 1.27. The molecule has 1 N–H and O–H groups in total. The molecule has 0 saturated heterocycles. The van der Waals surface area contributed by atoms with Crippen molar-refractivity contribution in [3.05, 3.63) is 45.4 Å². The second-order valence-corrected chi connectivity index (χ2v) is 3.59. The molecule has 0 aliphatic rings. The van der Waals surface area contributed by atoms with Crippen molar-refractivity contribution < 1.29 is 0 Å². The Hall–Kier alpha value is -1.49. The number of aromatic amines is 1. The van der Waals surface area contributed by atoms with Gasteiger partial charge in [-0.2, -0.15) is 0 Å². The van der Waals surface area contributed by atoms with Crippen LogP contribution in [0.15, 0.2) is 39.9 Å². The lowest BCUT2D eigenvalue weighted by Gasteiger charge is -1.97. The maximum absolute atomic E-state index is 11.3. The number of halogens is 1. The largest absolute Gasteiger partial charge is 0.310 e. The lowest BCUT2D eigenvalue weighted by molar-refractivity contribution is 0.951. The van der Waals surface area contributed by atoms with Crippen LogP contribution >= 0.6 is 15.9 Å². The van der Waals surface area contributed by atoms with Gasteiger partial charge in [0.1, 0.15) is 6.33 Å². The summed E-state index contributed by atoms with van der Waals surface area (Å²) in [6, 6.07) is 7.32. The molecule has 0 fully saturated rings. The normalized spacial score (nSPS) is 10.1. The Morgan fingerprint density at radius 1 is 1.21 bits per heavy atom. The molecule has 0 radical (unpaired) electrons. The molecule has 2 aromatic rings. The Morgan fingerprint density at radius 3 is 2.57 bits per heavy atom. The van der Waals surface area contributed by atoms with Crippen molar-refractivity contribution in [1.82, 2.24) is 15.2 Å². The smallest absolute Gasteiger partial charge is 0.277 e. The van der Waals surface area contributed by atoms with Crippen molar-refractivity contribution in [2.24, 2.45) is 0 Å². The number of benzene rings is 1. The number of rotatable bonds is 1. The number of hydrogen-bond acceptors (Lipinski definition) is 3. The Kier molecular flexibility index (Phi) is 2.41. The first-order chi connectivity index (χ1) is 6.77. The van der Waals surface area contributed by atoms with Gasteiger partial charge in [-0.05, 0) is 12.1 Å². The fraction of sp³-hybridized carbons (Fsp3) is 0. The van der Waals surface area contributed by atoms with Crippen LogP contribution in [0.5, 0.6) is 0 Å². The number of aromatic nitrogens is 3. The Labute approximate surface area is 88.1 Å². The zero-order chi connectivity index (χ0) is 9.97. The summed E-state index contributed by atoms with van der Waals surface area (Å²) < 4.78 is 0.960. The van der Waals surface area contributed by atoms with E-state index < -0.39 is 0 Å². The van der Waals surface area contributed by atoms with Crippen LogP contribution in [-0.2, 0) is 0 Å². The third-order valence-electron chi connectivity index (χ3n) is 1.74. The van der Waals surface area contributed by atoms with Crippen molar-refractivity contribution in [2.75, 3.05) is 0 Å². The zero-order valence-electron chi connectivity index (χ0n) is 7.07. The summed E-state index contributed by atoms with van der Waals surface area (Å²) in [5.74, 6) is 0. The maximum atomic E-state index is 11.3. The van der Waals surface area contributed by atoms with Gasteiger partial charge in [-0.15, -0.1) is 10.2 Å². The highest BCUT2D eigenvalue weighted by Crippen LogP contribution is 2.16. The zero-order valence-corrected chi connectivity index (χ0v) is 8.65. The molecule has 1 heterocycles. The van der Waals surface area contributed by atoms with Crippen LogP contribution in [0.4, 0.5) is 0 Å².